The van der Waals surface area contributed by atoms with Crippen molar-refractivity contribution in [1.82, 2.24) is 31.5 Å². The normalized spacial score (nSPS) is 20.3. The number of unbranched alkanes of at least 4 members (excludes halogenated alkanes) is 1. The van der Waals surface area contributed by atoms with Gasteiger partial charge in [-0.15, -0.1) is 0 Å². The third-order valence-corrected chi connectivity index (χ3v) is 7.53. The van der Waals surface area contributed by atoms with E-state index in [1.165, 1.54) is 0 Å². The van der Waals surface area contributed by atoms with Crippen molar-refractivity contribution < 1.29 is 28.7 Å². The maximum absolute atomic E-state index is 13.5. The molecule has 46 heavy (non-hydrogen) atoms. The molecule has 1 aliphatic heterocycles. The Labute approximate surface area is 271 Å². The molecule has 12 heteroatoms. The summed E-state index contributed by atoms with van der Waals surface area (Å²) in [6.07, 6.45) is 1.88. The second-order valence-corrected chi connectivity index (χ2v) is 12.1. The minimum atomic E-state index is -1.21. The third-order valence-electron chi connectivity index (χ3n) is 7.53. The van der Waals surface area contributed by atoms with Crippen LogP contribution in [0.15, 0.2) is 54.6 Å². The van der Waals surface area contributed by atoms with Crippen LogP contribution in [0.5, 0.6) is 5.75 Å². The van der Waals surface area contributed by atoms with Gasteiger partial charge in [-0.3, -0.25) is 24.0 Å². The predicted molar refractivity (Wildman–Crippen MR) is 175 cm³/mol. The molecule has 0 spiro atoms. The quantitative estimate of drug-likeness (QED) is 0.261. The van der Waals surface area contributed by atoms with Crippen molar-refractivity contribution in [3.63, 3.8) is 0 Å². The van der Waals surface area contributed by atoms with Gasteiger partial charge in [0, 0.05) is 19.5 Å². The van der Waals surface area contributed by atoms with Crippen molar-refractivity contribution in [3.05, 3.63) is 65.7 Å². The Morgan fingerprint density at radius 3 is 2.37 bits per heavy atom. The molecule has 5 amide bonds. The average molecular weight is 637 g/mol. The second kappa shape index (κ2) is 18.5. The number of fused-ring (bicyclic) bond motifs is 1. The Kier molecular flexibility index (Phi) is 14.5. The Hall–Kier alpha value is -4.45. The van der Waals surface area contributed by atoms with Crippen molar-refractivity contribution >= 4 is 29.5 Å². The molecule has 0 saturated heterocycles. The van der Waals surface area contributed by atoms with Crippen LogP contribution in [-0.4, -0.2) is 92.9 Å². The van der Waals surface area contributed by atoms with Gasteiger partial charge in [-0.25, -0.2) is 0 Å². The molecule has 1 heterocycles. The standard InChI is InChI=1S/C34H48N6O6/c1-23(2)30-34(45)38-26(21-24-13-6-5-7-14-24)32(43)36-18-12-20-46-28-16-9-8-15-25(28)31(42)37-27(22-29(41)39-30)33(44)35-17-10-11-19-40(3)4/h5-9,13-16,23,26-27,30H,10-12,17-22H2,1-4H3,(H,35,44)(H,36,43)(H,37,42)(H,38,45)(H,39,41)/t26-,27-,30-/m0/s1. The van der Waals surface area contributed by atoms with Gasteiger partial charge in [0.05, 0.1) is 18.6 Å². The lowest BCUT2D eigenvalue weighted by molar-refractivity contribution is -0.133. The molecule has 0 radical (unpaired) electrons. The van der Waals surface area contributed by atoms with Gasteiger partial charge >= 0.3 is 0 Å². The molecule has 2 aromatic rings. The molecule has 250 valence electrons. The summed E-state index contributed by atoms with van der Waals surface area (Å²) in [5.74, 6) is -2.60. The molecule has 0 saturated carbocycles. The summed E-state index contributed by atoms with van der Waals surface area (Å²) < 4.78 is 5.88. The number of hydrogen-bond acceptors (Lipinski definition) is 7. The Morgan fingerprint density at radius 1 is 0.935 bits per heavy atom. The molecule has 12 nitrogen and oxygen atoms in total. The smallest absolute Gasteiger partial charge is 0.255 e. The van der Waals surface area contributed by atoms with E-state index < -0.39 is 48.2 Å². The lowest BCUT2D eigenvalue weighted by atomic mass is 10.0. The van der Waals surface area contributed by atoms with E-state index in [-0.39, 0.29) is 37.0 Å². The lowest BCUT2D eigenvalue weighted by Gasteiger charge is -2.26. The number of rotatable bonds is 9. The molecule has 0 fully saturated rings. The van der Waals surface area contributed by atoms with Crippen molar-refractivity contribution in [3.8, 4) is 5.75 Å². The highest BCUT2D eigenvalue weighted by molar-refractivity contribution is 6.01. The Bertz CT molecular complexity index is 1320. The molecule has 1 aliphatic rings. The van der Waals surface area contributed by atoms with Crippen LogP contribution in [0.3, 0.4) is 0 Å². The maximum atomic E-state index is 13.5. The van der Waals surface area contributed by atoms with Crippen LogP contribution in [0, 0.1) is 5.92 Å². The van der Waals surface area contributed by atoms with Gasteiger partial charge in [0.15, 0.2) is 0 Å². The number of benzene rings is 2. The van der Waals surface area contributed by atoms with Gasteiger partial charge in [-0.2, -0.15) is 0 Å². The summed E-state index contributed by atoms with van der Waals surface area (Å²) >= 11 is 0. The summed E-state index contributed by atoms with van der Waals surface area (Å²) in [5.41, 5.74) is 1.07. The summed E-state index contributed by atoms with van der Waals surface area (Å²) in [7, 11) is 3.94. The summed E-state index contributed by atoms with van der Waals surface area (Å²) in [6.45, 7) is 5.27. The van der Waals surface area contributed by atoms with Crippen molar-refractivity contribution in [2.45, 2.75) is 64.1 Å². The van der Waals surface area contributed by atoms with Crippen molar-refractivity contribution in [1.29, 1.82) is 0 Å². The van der Waals surface area contributed by atoms with E-state index in [0.717, 1.165) is 24.9 Å². The fourth-order valence-corrected chi connectivity index (χ4v) is 4.98. The van der Waals surface area contributed by atoms with E-state index in [9.17, 15) is 24.0 Å². The molecule has 2 aromatic carbocycles. The van der Waals surface area contributed by atoms with Gasteiger partial charge < -0.3 is 36.2 Å². The largest absolute Gasteiger partial charge is 0.493 e. The zero-order chi connectivity index (χ0) is 33.5. The van der Waals surface area contributed by atoms with Crippen LogP contribution >= 0.6 is 0 Å². The van der Waals surface area contributed by atoms with Crippen LogP contribution < -0.4 is 31.3 Å². The maximum Gasteiger partial charge on any atom is 0.255 e. The zero-order valence-corrected chi connectivity index (χ0v) is 27.3. The first-order valence-corrected chi connectivity index (χ1v) is 15.9. The van der Waals surface area contributed by atoms with Crippen LogP contribution in [0.2, 0.25) is 0 Å². The number of carbonyl (C=O) groups is 5. The van der Waals surface area contributed by atoms with E-state index in [1.807, 2.05) is 44.4 Å². The summed E-state index contributed by atoms with van der Waals surface area (Å²) in [4.78, 5) is 68.9. The molecule has 5 N–H and O–H groups in total. The SMILES string of the molecule is CC(C)[C@@H]1NC(=O)C[C@@H](C(=O)NCCCCN(C)C)NC(=O)c2ccccc2OCCCNC(=O)[C@H](Cc2ccccc2)NC1=O. The number of carbonyl (C=O) groups excluding carboxylic acids is 5. The number of amides is 5. The zero-order valence-electron chi connectivity index (χ0n) is 27.3. The van der Waals surface area contributed by atoms with E-state index in [0.29, 0.717) is 18.7 Å². The van der Waals surface area contributed by atoms with Gasteiger partial charge in [0.25, 0.3) is 5.91 Å². The number of para-hydroxylation sites is 1. The first kappa shape index (κ1) is 36.0. The summed E-state index contributed by atoms with van der Waals surface area (Å²) in [6, 6.07) is 12.9. The highest BCUT2D eigenvalue weighted by Crippen LogP contribution is 2.19. The first-order valence-electron chi connectivity index (χ1n) is 15.9. The first-order chi connectivity index (χ1) is 22.0. The van der Waals surface area contributed by atoms with Crippen LogP contribution in [0.25, 0.3) is 0 Å². The molecular weight excluding hydrogens is 588 g/mol. The van der Waals surface area contributed by atoms with E-state index in [1.54, 1.807) is 38.1 Å². The predicted octanol–water partition coefficient (Wildman–Crippen LogP) is 1.40. The van der Waals surface area contributed by atoms with Crippen LogP contribution in [0.4, 0.5) is 0 Å². The minimum Gasteiger partial charge on any atom is -0.493 e. The average Bonchev–Trinajstić information content (AvgIpc) is 3.02. The van der Waals surface area contributed by atoms with Gasteiger partial charge in [-0.1, -0.05) is 56.3 Å². The Balaban J connectivity index is 1.86. The molecule has 0 aromatic heterocycles. The number of ether oxygens (including phenoxy) is 1. The number of nitrogens with zero attached hydrogens (tertiary/aromatic N) is 1. The van der Waals surface area contributed by atoms with Crippen molar-refractivity contribution in [2.75, 3.05) is 40.3 Å². The van der Waals surface area contributed by atoms with Gasteiger partial charge in [-0.05, 0) is 63.5 Å². The minimum absolute atomic E-state index is 0.203. The van der Waals surface area contributed by atoms with Crippen molar-refractivity contribution in [2.24, 2.45) is 5.92 Å². The monoisotopic (exact) mass is 636 g/mol. The molecule has 3 rings (SSSR count). The highest BCUT2D eigenvalue weighted by atomic mass is 16.5. The fraction of sp³-hybridized carbons (Fsp3) is 0.500. The fourth-order valence-electron chi connectivity index (χ4n) is 4.98. The Morgan fingerprint density at radius 2 is 1.65 bits per heavy atom. The second-order valence-electron chi connectivity index (χ2n) is 12.1. The van der Waals surface area contributed by atoms with Gasteiger partial charge in [0.1, 0.15) is 23.9 Å². The number of nitrogens with one attached hydrogen (secondary N) is 5. The molecule has 3 atom stereocenters. The lowest BCUT2D eigenvalue weighted by Crippen LogP contribution is -2.57. The van der Waals surface area contributed by atoms with Crippen LogP contribution in [0.1, 0.15) is 55.5 Å². The molecule has 0 unspecified atom stereocenters. The molecule has 0 bridgehead atoms. The summed E-state index contributed by atoms with van der Waals surface area (Å²) in [5, 5.41) is 14.0. The van der Waals surface area contributed by atoms with Crippen LogP contribution in [-0.2, 0) is 25.6 Å². The molecular formula is C34H48N6O6. The van der Waals surface area contributed by atoms with E-state index in [4.69, 9.17) is 4.74 Å². The number of hydrogen-bond donors (Lipinski definition) is 5. The van der Waals surface area contributed by atoms with E-state index in [2.05, 4.69) is 31.5 Å². The van der Waals surface area contributed by atoms with Gasteiger partial charge in [0.2, 0.25) is 23.6 Å². The highest BCUT2D eigenvalue weighted by Gasteiger charge is 2.31. The van der Waals surface area contributed by atoms with E-state index >= 15 is 0 Å². The topological polar surface area (TPSA) is 158 Å². The molecule has 0 aliphatic carbocycles. The third kappa shape index (κ3) is 11.8.